The minimum atomic E-state index is -0.443. The average Bonchev–Trinajstić information content (AvgIpc) is 2.53. The van der Waals surface area contributed by atoms with Gasteiger partial charge in [0, 0.05) is 18.2 Å². The molecule has 0 fully saturated rings. The zero-order chi connectivity index (χ0) is 15.2. The summed E-state index contributed by atoms with van der Waals surface area (Å²) in [6, 6.07) is 7.75. The number of benzene rings is 1. The SMILES string of the molecule is COc1cc(NN=C(C)c2ccc([N+](=O)[O-])cc2)ncn1. The van der Waals surface area contributed by atoms with E-state index in [0.29, 0.717) is 17.4 Å². The Labute approximate surface area is 120 Å². The molecule has 1 aromatic carbocycles. The lowest BCUT2D eigenvalue weighted by Gasteiger charge is -2.04. The van der Waals surface area contributed by atoms with Gasteiger partial charge < -0.3 is 4.74 Å². The van der Waals surface area contributed by atoms with Crippen molar-refractivity contribution in [1.82, 2.24) is 9.97 Å². The molecule has 8 nitrogen and oxygen atoms in total. The van der Waals surface area contributed by atoms with E-state index in [1.54, 1.807) is 25.1 Å². The molecule has 2 rings (SSSR count). The number of nitro groups is 1. The summed E-state index contributed by atoms with van der Waals surface area (Å²) >= 11 is 0. The van der Waals surface area contributed by atoms with Gasteiger partial charge in [-0.25, -0.2) is 9.97 Å². The minimum Gasteiger partial charge on any atom is -0.481 e. The van der Waals surface area contributed by atoms with Gasteiger partial charge in [-0.3, -0.25) is 15.5 Å². The van der Waals surface area contributed by atoms with Crippen molar-refractivity contribution < 1.29 is 9.66 Å². The molecule has 1 N–H and O–H groups in total. The van der Waals surface area contributed by atoms with Gasteiger partial charge in [0.15, 0.2) is 5.82 Å². The van der Waals surface area contributed by atoms with Crippen molar-refractivity contribution >= 4 is 17.2 Å². The molecule has 2 aromatic rings. The molecule has 0 amide bonds. The maximum absolute atomic E-state index is 10.6. The molecule has 0 aliphatic heterocycles. The Hall–Kier alpha value is -3.03. The lowest BCUT2D eigenvalue weighted by Crippen LogP contribution is -2.01. The molecule has 0 aliphatic rings. The van der Waals surface area contributed by atoms with E-state index in [9.17, 15) is 10.1 Å². The molecule has 0 aliphatic carbocycles. The third-order valence-electron chi connectivity index (χ3n) is 2.69. The molecular weight excluding hydrogens is 274 g/mol. The topological polar surface area (TPSA) is 103 Å². The number of nitrogens with zero attached hydrogens (tertiary/aromatic N) is 4. The fraction of sp³-hybridized carbons (Fsp3) is 0.154. The zero-order valence-electron chi connectivity index (χ0n) is 11.5. The second kappa shape index (κ2) is 6.42. The number of hydrazone groups is 1. The molecule has 8 heteroatoms. The van der Waals surface area contributed by atoms with Gasteiger partial charge in [0.1, 0.15) is 6.33 Å². The fourth-order valence-corrected chi connectivity index (χ4v) is 1.54. The number of non-ortho nitro benzene ring substituents is 1. The molecular formula is C13H13N5O3. The minimum absolute atomic E-state index is 0.0417. The summed E-state index contributed by atoms with van der Waals surface area (Å²) in [6.07, 6.45) is 1.36. The maximum Gasteiger partial charge on any atom is 0.269 e. The Morgan fingerprint density at radius 2 is 2.05 bits per heavy atom. The highest BCUT2D eigenvalue weighted by atomic mass is 16.6. The smallest absolute Gasteiger partial charge is 0.269 e. The Balaban J connectivity index is 2.11. The number of aromatic nitrogens is 2. The first kappa shape index (κ1) is 14.4. The first-order valence-electron chi connectivity index (χ1n) is 6.01. The van der Waals surface area contributed by atoms with Gasteiger partial charge in [-0.1, -0.05) is 0 Å². The van der Waals surface area contributed by atoms with Crippen LogP contribution in [-0.2, 0) is 0 Å². The molecule has 1 aromatic heterocycles. The van der Waals surface area contributed by atoms with Crippen molar-refractivity contribution in [2.45, 2.75) is 6.92 Å². The number of nitrogens with one attached hydrogen (secondary N) is 1. The van der Waals surface area contributed by atoms with E-state index in [4.69, 9.17) is 4.74 Å². The van der Waals surface area contributed by atoms with Crippen LogP contribution in [0.1, 0.15) is 12.5 Å². The number of hydrogen-bond donors (Lipinski definition) is 1. The molecule has 1 heterocycles. The van der Waals surface area contributed by atoms with Crippen molar-refractivity contribution in [3.05, 3.63) is 52.3 Å². The molecule has 21 heavy (non-hydrogen) atoms. The van der Waals surface area contributed by atoms with Gasteiger partial charge in [-0.2, -0.15) is 5.10 Å². The lowest BCUT2D eigenvalue weighted by molar-refractivity contribution is -0.384. The lowest BCUT2D eigenvalue weighted by atomic mass is 10.1. The summed E-state index contributed by atoms with van der Waals surface area (Å²) in [5.74, 6) is 0.916. The number of rotatable bonds is 5. The summed E-state index contributed by atoms with van der Waals surface area (Å²) in [4.78, 5) is 18.0. The van der Waals surface area contributed by atoms with Gasteiger partial charge in [-0.15, -0.1) is 0 Å². The van der Waals surface area contributed by atoms with Crippen LogP contribution in [0.15, 0.2) is 41.8 Å². The number of methoxy groups -OCH3 is 1. The highest BCUT2D eigenvalue weighted by molar-refractivity contribution is 5.99. The van der Waals surface area contributed by atoms with E-state index in [1.807, 2.05) is 0 Å². The van der Waals surface area contributed by atoms with Crippen molar-refractivity contribution in [1.29, 1.82) is 0 Å². The standard InChI is InChI=1S/C13H13N5O3/c1-9(10-3-5-11(6-4-10)18(19)20)16-17-12-7-13(21-2)15-8-14-12/h3-8H,1-2H3,(H,14,15,17). The van der Waals surface area contributed by atoms with E-state index >= 15 is 0 Å². The van der Waals surface area contributed by atoms with Gasteiger partial charge in [0.2, 0.25) is 5.88 Å². The Kier molecular flexibility index (Phi) is 4.39. The number of nitro benzene ring substituents is 1. The predicted molar refractivity (Wildman–Crippen MR) is 77.5 cm³/mol. The second-order valence-corrected chi connectivity index (χ2v) is 4.06. The highest BCUT2D eigenvalue weighted by Gasteiger charge is 2.05. The average molecular weight is 287 g/mol. The molecule has 0 unspecified atom stereocenters. The summed E-state index contributed by atoms with van der Waals surface area (Å²) in [5.41, 5.74) is 4.26. The number of anilines is 1. The first-order valence-corrected chi connectivity index (χ1v) is 6.01. The van der Waals surface area contributed by atoms with Gasteiger partial charge in [0.25, 0.3) is 5.69 Å². The van der Waals surface area contributed by atoms with E-state index in [2.05, 4.69) is 20.5 Å². The Morgan fingerprint density at radius 3 is 2.67 bits per heavy atom. The van der Waals surface area contributed by atoms with Crippen LogP contribution in [0.5, 0.6) is 5.88 Å². The molecule has 0 spiro atoms. The normalized spacial score (nSPS) is 11.0. The van der Waals surface area contributed by atoms with Crippen molar-refractivity contribution in [2.75, 3.05) is 12.5 Å². The zero-order valence-corrected chi connectivity index (χ0v) is 11.5. The van der Waals surface area contributed by atoms with E-state index in [1.165, 1.54) is 25.6 Å². The van der Waals surface area contributed by atoms with Crippen LogP contribution in [0.4, 0.5) is 11.5 Å². The largest absolute Gasteiger partial charge is 0.481 e. The van der Waals surface area contributed by atoms with E-state index < -0.39 is 4.92 Å². The summed E-state index contributed by atoms with van der Waals surface area (Å²) in [7, 11) is 1.51. The summed E-state index contributed by atoms with van der Waals surface area (Å²) < 4.78 is 4.98. The first-order chi connectivity index (χ1) is 10.1. The van der Waals surface area contributed by atoms with Crippen molar-refractivity contribution in [3.63, 3.8) is 0 Å². The number of ether oxygens (including phenoxy) is 1. The molecule has 0 saturated carbocycles. The highest BCUT2D eigenvalue weighted by Crippen LogP contribution is 2.13. The maximum atomic E-state index is 10.6. The molecule has 0 atom stereocenters. The Bertz CT molecular complexity index is 670. The van der Waals surface area contributed by atoms with Gasteiger partial charge in [0.05, 0.1) is 17.7 Å². The Morgan fingerprint density at radius 1 is 1.33 bits per heavy atom. The predicted octanol–water partition coefficient (Wildman–Crippen LogP) is 2.23. The van der Waals surface area contributed by atoms with Crippen LogP contribution in [-0.4, -0.2) is 27.7 Å². The van der Waals surface area contributed by atoms with E-state index in [0.717, 1.165) is 5.56 Å². The molecule has 0 radical (unpaired) electrons. The fourth-order valence-electron chi connectivity index (χ4n) is 1.54. The van der Waals surface area contributed by atoms with Crippen LogP contribution in [0.3, 0.4) is 0 Å². The second-order valence-electron chi connectivity index (χ2n) is 4.06. The molecule has 108 valence electrons. The summed E-state index contributed by atoms with van der Waals surface area (Å²) in [5, 5.41) is 14.8. The van der Waals surface area contributed by atoms with Crippen LogP contribution in [0.25, 0.3) is 0 Å². The molecule has 0 saturated heterocycles. The van der Waals surface area contributed by atoms with Crippen LogP contribution in [0.2, 0.25) is 0 Å². The van der Waals surface area contributed by atoms with Gasteiger partial charge in [-0.05, 0) is 24.6 Å². The molecule has 0 bridgehead atoms. The van der Waals surface area contributed by atoms with Gasteiger partial charge >= 0.3 is 0 Å². The third kappa shape index (κ3) is 3.72. The van der Waals surface area contributed by atoms with Crippen LogP contribution < -0.4 is 10.2 Å². The summed E-state index contributed by atoms with van der Waals surface area (Å²) in [6.45, 7) is 1.78. The number of hydrogen-bond acceptors (Lipinski definition) is 7. The van der Waals surface area contributed by atoms with Crippen LogP contribution >= 0.6 is 0 Å². The monoisotopic (exact) mass is 287 g/mol. The quantitative estimate of drug-likeness (QED) is 0.514. The van der Waals surface area contributed by atoms with Crippen molar-refractivity contribution in [3.8, 4) is 5.88 Å². The van der Waals surface area contributed by atoms with Crippen molar-refractivity contribution in [2.24, 2.45) is 5.10 Å². The third-order valence-corrected chi connectivity index (χ3v) is 2.69. The van der Waals surface area contributed by atoms with E-state index in [-0.39, 0.29) is 5.69 Å². The van der Waals surface area contributed by atoms with Crippen LogP contribution in [0, 0.1) is 10.1 Å².